The molecule has 0 saturated carbocycles. The normalized spacial score (nSPS) is 13.4. The molecular weight excluding hydrogens is 136 g/mol. The molecule has 0 amide bonds. The monoisotopic (exact) mass is 158 g/mol. The van der Waals surface area contributed by atoms with Crippen LogP contribution in [0.1, 0.15) is 33.1 Å². The number of hydrogen-bond acceptors (Lipinski definition) is 2. The van der Waals surface area contributed by atoms with Crippen LogP contribution in [0.3, 0.4) is 0 Å². The summed E-state index contributed by atoms with van der Waals surface area (Å²) in [7, 11) is 0. The van der Waals surface area contributed by atoms with E-state index in [0.717, 1.165) is 32.0 Å². The lowest BCUT2D eigenvalue weighted by atomic mass is 10.1. The summed E-state index contributed by atoms with van der Waals surface area (Å²) in [6, 6.07) is 0. The topological polar surface area (TPSA) is 38.0 Å². The highest BCUT2D eigenvalue weighted by Gasteiger charge is 1.98. The Morgan fingerprint density at radius 3 is 2.73 bits per heavy atom. The lowest BCUT2D eigenvalue weighted by Gasteiger charge is -2.10. The molecule has 0 radical (unpaired) electrons. The van der Waals surface area contributed by atoms with Crippen molar-refractivity contribution in [2.45, 2.75) is 33.1 Å². The highest BCUT2D eigenvalue weighted by molar-refractivity contribution is 4.56. The molecule has 0 saturated heterocycles. The van der Waals surface area contributed by atoms with Gasteiger partial charge in [0.15, 0.2) is 0 Å². The van der Waals surface area contributed by atoms with Gasteiger partial charge in [-0.1, -0.05) is 20.3 Å². The predicted molar refractivity (Wildman–Crippen MR) is 50.6 cm³/mol. The molecule has 0 bridgehead atoms. The summed E-state index contributed by atoms with van der Waals surface area (Å²) in [5.74, 6) is 0.733. The maximum atomic E-state index is 5.43. The molecule has 0 heterocycles. The lowest BCUT2D eigenvalue weighted by molar-refractivity contribution is 0.482. The lowest BCUT2D eigenvalue weighted by Crippen LogP contribution is -2.23. The molecule has 2 heteroatoms. The van der Waals surface area contributed by atoms with Crippen molar-refractivity contribution in [1.82, 2.24) is 5.32 Å². The maximum absolute atomic E-state index is 5.43. The van der Waals surface area contributed by atoms with Crippen molar-refractivity contribution in [3.63, 3.8) is 0 Å². The second-order valence-corrected chi connectivity index (χ2v) is 3.24. The summed E-state index contributed by atoms with van der Waals surface area (Å²) in [4.78, 5) is 0. The largest absolute Gasteiger partial charge is 0.330 e. The first-order valence-electron chi connectivity index (χ1n) is 4.72. The van der Waals surface area contributed by atoms with Crippen molar-refractivity contribution in [1.29, 1.82) is 0 Å². The smallest absolute Gasteiger partial charge is 0.00227 e. The fraction of sp³-hybridized carbons (Fsp3) is 1.00. The van der Waals surface area contributed by atoms with Crippen LogP contribution >= 0.6 is 0 Å². The number of unbranched alkanes of at least 4 members (excludes halogenated alkanes) is 1. The standard InChI is InChI=1S/C9H22N2/c1-3-4-7-11-8-9(2)5-6-10/h9,11H,3-8,10H2,1-2H3. The molecule has 68 valence electrons. The first-order chi connectivity index (χ1) is 5.31. The minimum Gasteiger partial charge on any atom is -0.330 e. The van der Waals surface area contributed by atoms with E-state index >= 15 is 0 Å². The Morgan fingerprint density at radius 2 is 2.18 bits per heavy atom. The van der Waals surface area contributed by atoms with Gasteiger partial charge in [0.1, 0.15) is 0 Å². The second kappa shape index (κ2) is 8.02. The number of rotatable bonds is 7. The molecule has 2 nitrogen and oxygen atoms in total. The van der Waals surface area contributed by atoms with E-state index in [1.54, 1.807) is 0 Å². The fourth-order valence-corrected chi connectivity index (χ4v) is 1.04. The van der Waals surface area contributed by atoms with Gasteiger partial charge in [-0.2, -0.15) is 0 Å². The summed E-state index contributed by atoms with van der Waals surface area (Å²) in [5, 5.41) is 3.42. The minimum atomic E-state index is 0.733. The van der Waals surface area contributed by atoms with Crippen molar-refractivity contribution in [2.75, 3.05) is 19.6 Å². The Kier molecular flexibility index (Phi) is 7.96. The summed E-state index contributed by atoms with van der Waals surface area (Å²) in [6.45, 7) is 7.55. The van der Waals surface area contributed by atoms with Gasteiger partial charge >= 0.3 is 0 Å². The Labute approximate surface area is 70.5 Å². The van der Waals surface area contributed by atoms with E-state index in [9.17, 15) is 0 Å². The molecule has 0 fully saturated rings. The molecule has 0 spiro atoms. The van der Waals surface area contributed by atoms with Gasteiger partial charge in [0.2, 0.25) is 0 Å². The van der Waals surface area contributed by atoms with Crippen molar-refractivity contribution in [3.05, 3.63) is 0 Å². The van der Waals surface area contributed by atoms with Crippen LogP contribution in [-0.2, 0) is 0 Å². The number of hydrogen-bond donors (Lipinski definition) is 2. The van der Waals surface area contributed by atoms with Crippen LogP contribution in [0.2, 0.25) is 0 Å². The molecule has 0 rings (SSSR count). The first kappa shape index (κ1) is 10.9. The molecule has 0 aliphatic carbocycles. The molecular formula is C9H22N2. The molecule has 1 atom stereocenters. The van der Waals surface area contributed by atoms with Gasteiger partial charge in [-0.15, -0.1) is 0 Å². The highest BCUT2D eigenvalue weighted by Crippen LogP contribution is 1.96. The van der Waals surface area contributed by atoms with E-state index in [0.29, 0.717) is 0 Å². The second-order valence-electron chi connectivity index (χ2n) is 3.24. The van der Waals surface area contributed by atoms with Crippen molar-refractivity contribution in [3.8, 4) is 0 Å². The third-order valence-corrected chi connectivity index (χ3v) is 1.86. The zero-order valence-corrected chi connectivity index (χ0v) is 7.90. The molecule has 11 heavy (non-hydrogen) atoms. The molecule has 0 aliphatic rings. The average molecular weight is 158 g/mol. The molecule has 1 unspecified atom stereocenters. The first-order valence-corrected chi connectivity index (χ1v) is 4.72. The Bertz CT molecular complexity index is 74.0. The van der Waals surface area contributed by atoms with E-state index in [4.69, 9.17) is 5.73 Å². The maximum Gasteiger partial charge on any atom is -0.00227 e. The van der Waals surface area contributed by atoms with E-state index < -0.39 is 0 Å². The minimum absolute atomic E-state index is 0.733. The van der Waals surface area contributed by atoms with Crippen molar-refractivity contribution >= 4 is 0 Å². The van der Waals surface area contributed by atoms with Crippen molar-refractivity contribution < 1.29 is 0 Å². The molecule has 0 aliphatic heterocycles. The van der Waals surface area contributed by atoms with E-state index in [-0.39, 0.29) is 0 Å². The third-order valence-electron chi connectivity index (χ3n) is 1.86. The Morgan fingerprint density at radius 1 is 1.45 bits per heavy atom. The van der Waals surface area contributed by atoms with Crippen LogP contribution in [-0.4, -0.2) is 19.6 Å². The molecule has 3 N–H and O–H groups in total. The summed E-state index contributed by atoms with van der Waals surface area (Å²) in [6.07, 6.45) is 3.70. The van der Waals surface area contributed by atoms with Crippen molar-refractivity contribution in [2.24, 2.45) is 11.7 Å². The van der Waals surface area contributed by atoms with Gasteiger partial charge in [0, 0.05) is 0 Å². The van der Waals surface area contributed by atoms with Crippen LogP contribution in [0.4, 0.5) is 0 Å². The Balaban J connectivity index is 2.97. The van der Waals surface area contributed by atoms with Crippen LogP contribution in [0.15, 0.2) is 0 Å². The highest BCUT2D eigenvalue weighted by atomic mass is 14.8. The molecule has 0 aromatic heterocycles. The fourth-order valence-electron chi connectivity index (χ4n) is 1.04. The van der Waals surface area contributed by atoms with Gasteiger partial charge < -0.3 is 11.1 Å². The predicted octanol–water partition coefficient (Wildman–Crippen LogP) is 1.36. The van der Waals surface area contributed by atoms with Gasteiger partial charge in [-0.05, 0) is 38.4 Å². The third kappa shape index (κ3) is 7.82. The average Bonchev–Trinajstić information content (AvgIpc) is 1.99. The molecule has 0 aromatic rings. The number of nitrogens with two attached hydrogens (primary N) is 1. The SMILES string of the molecule is CCCCNCC(C)CCN. The van der Waals surface area contributed by atoms with E-state index in [2.05, 4.69) is 19.2 Å². The van der Waals surface area contributed by atoms with Crippen LogP contribution in [0, 0.1) is 5.92 Å². The van der Waals surface area contributed by atoms with Crippen LogP contribution in [0.5, 0.6) is 0 Å². The van der Waals surface area contributed by atoms with Crippen LogP contribution < -0.4 is 11.1 Å². The van der Waals surface area contributed by atoms with Gasteiger partial charge in [-0.25, -0.2) is 0 Å². The van der Waals surface area contributed by atoms with Gasteiger partial charge in [0.25, 0.3) is 0 Å². The van der Waals surface area contributed by atoms with Crippen LogP contribution in [0.25, 0.3) is 0 Å². The summed E-state index contributed by atoms with van der Waals surface area (Å²) >= 11 is 0. The summed E-state index contributed by atoms with van der Waals surface area (Å²) in [5.41, 5.74) is 5.43. The van der Waals surface area contributed by atoms with Gasteiger partial charge in [0.05, 0.1) is 0 Å². The Hall–Kier alpha value is -0.0800. The van der Waals surface area contributed by atoms with Gasteiger partial charge in [-0.3, -0.25) is 0 Å². The number of nitrogens with one attached hydrogen (secondary N) is 1. The molecule has 0 aromatic carbocycles. The zero-order chi connectivity index (χ0) is 8.53. The summed E-state index contributed by atoms with van der Waals surface area (Å²) < 4.78 is 0. The van der Waals surface area contributed by atoms with E-state index in [1.807, 2.05) is 0 Å². The quantitative estimate of drug-likeness (QED) is 0.549. The van der Waals surface area contributed by atoms with E-state index in [1.165, 1.54) is 12.8 Å². The zero-order valence-electron chi connectivity index (χ0n) is 7.90.